The number of carbonyl (C=O) groups excluding carboxylic acids is 1. The van der Waals surface area contributed by atoms with Gasteiger partial charge in [0.1, 0.15) is 5.75 Å². The van der Waals surface area contributed by atoms with Crippen LogP contribution >= 0.6 is 0 Å². The van der Waals surface area contributed by atoms with Gasteiger partial charge in [-0.05, 0) is 54.5 Å². The van der Waals surface area contributed by atoms with Gasteiger partial charge in [0.25, 0.3) is 0 Å². The molecule has 0 aromatic heterocycles. The monoisotopic (exact) mass is 357 g/mol. The first-order valence-electron chi connectivity index (χ1n) is 7.91. The lowest BCUT2D eigenvalue weighted by Gasteiger charge is -2.13. The van der Waals surface area contributed by atoms with Crippen molar-refractivity contribution in [3.05, 3.63) is 47.0 Å². The number of Topliss-reactive ketones (excluding diaryl/α,β-unsaturated/α-hetero) is 1. The second kappa shape index (κ2) is 8.29. The summed E-state index contributed by atoms with van der Waals surface area (Å²) in [4.78, 5) is 12.7. The number of rotatable bonds is 7. The molecule has 138 valence electrons. The summed E-state index contributed by atoms with van der Waals surface area (Å²) in [6, 6.07) is 8.52. The van der Waals surface area contributed by atoms with Gasteiger partial charge in [-0.25, -0.2) is 0 Å². The standard InChI is InChI=1S/C20H23NO5/c1-12(19(22)14-6-7-16(23-2)15(21)11-14)8-13-9-17(24-3)20(26-5)18(10-13)25-4/h6-11H,21H2,1-5H3/b12-8+. The molecule has 2 aromatic rings. The van der Waals surface area contributed by atoms with Crippen molar-refractivity contribution in [2.45, 2.75) is 6.92 Å². The van der Waals surface area contributed by atoms with E-state index in [2.05, 4.69) is 0 Å². The van der Waals surface area contributed by atoms with Gasteiger partial charge in [-0.3, -0.25) is 4.79 Å². The van der Waals surface area contributed by atoms with Crippen LogP contribution in [0.15, 0.2) is 35.9 Å². The molecule has 0 saturated carbocycles. The predicted octanol–water partition coefficient (Wildman–Crippen LogP) is 3.59. The minimum Gasteiger partial charge on any atom is -0.495 e. The molecule has 2 aromatic carbocycles. The van der Waals surface area contributed by atoms with Gasteiger partial charge in [0.05, 0.1) is 34.1 Å². The fraction of sp³-hybridized carbons (Fsp3) is 0.250. The number of ether oxygens (including phenoxy) is 4. The highest BCUT2D eigenvalue weighted by molar-refractivity contribution is 6.11. The molecular formula is C20H23NO5. The first-order chi connectivity index (χ1) is 12.4. The lowest BCUT2D eigenvalue weighted by Crippen LogP contribution is -2.03. The van der Waals surface area contributed by atoms with Crippen LogP contribution in [0, 0.1) is 0 Å². The van der Waals surface area contributed by atoms with Crippen molar-refractivity contribution < 1.29 is 23.7 Å². The Morgan fingerprint density at radius 3 is 1.92 bits per heavy atom. The van der Waals surface area contributed by atoms with E-state index in [4.69, 9.17) is 24.7 Å². The van der Waals surface area contributed by atoms with Crippen LogP contribution < -0.4 is 24.7 Å². The summed E-state index contributed by atoms with van der Waals surface area (Å²) >= 11 is 0. The minimum absolute atomic E-state index is 0.131. The number of nitrogen functional groups attached to an aromatic ring is 1. The summed E-state index contributed by atoms with van der Waals surface area (Å²) in [5.41, 5.74) is 8.09. The van der Waals surface area contributed by atoms with Crippen LogP contribution in [-0.4, -0.2) is 34.2 Å². The van der Waals surface area contributed by atoms with Gasteiger partial charge in [0.15, 0.2) is 17.3 Å². The van der Waals surface area contributed by atoms with Crippen molar-refractivity contribution in [3.8, 4) is 23.0 Å². The zero-order chi connectivity index (χ0) is 19.3. The zero-order valence-corrected chi connectivity index (χ0v) is 15.6. The molecule has 0 heterocycles. The van der Waals surface area contributed by atoms with Crippen LogP contribution in [0.5, 0.6) is 23.0 Å². The van der Waals surface area contributed by atoms with E-state index in [-0.39, 0.29) is 5.78 Å². The fourth-order valence-corrected chi connectivity index (χ4v) is 2.60. The smallest absolute Gasteiger partial charge is 0.203 e. The van der Waals surface area contributed by atoms with E-state index in [1.807, 2.05) is 0 Å². The molecule has 2 N–H and O–H groups in total. The van der Waals surface area contributed by atoms with Crippen LogP contribution in [-0.2, 0) is 0 Å². The van der Waals surface area contributed by atoms with Crippen molar-refractivity contribution in [1.29, 1.82) is 0 Å². The van der Waals surface area contributed by atoms with Crippen LogP contribution in [0.25, 0.3) is 6.08 Å². The highest BCUT2D eigenvalue weighted by atomic mass is 16.5. The Morgan fingerprint density at radius 2 is 1.46 bits per heavy atom. The molecular weight excluding hydrogens is 334 g/mol. The molecule has 0 aliphatic rings. The lowest BCUT2D eigenvalue weighted by atomic mass is 10.0. The van der Waals surface area contributed by atoms with Gasteiger partial charge in [-0.1, -0.05) is 0 Å². The first kappa shape index (κ1) is 19.2. The number of methoxy groups -OCH3 is 4. The van der Waals surface area contributed by atoms with E-state index < -0.39 is 0 Å². The van der Waals surface area contributed by atoms with Crippen molar-refractivity contribution in [2.75, 3.05) is 34.2 Å². The summed E-state index contributed by atoms with van der Waals surface area (Å²) < 4.78 is 21.1. The second-order valence-corrected chi connectivity index (χ2v) is 5.57. The molecule has 6 heteroatoms. The Balaban J connectivity index is 2.39. The highest BCUT2D eigenvalue weighted by Gasteiger charge is 2.14. The number of carbonyl (C=O) groups is 1. The van der Waals surface area contributed by atoms with Crippen LogP contribution in [0.1, 0.15) is 22.8 Å². The van der Waals surface area contributed by atoms with Crippen molar-refractivity contribution in [1.82, 2.24) is 0 Å². The predicted molar refractivity (Wildman–Crippen MR) is 101 cm³/mol. The number of hydrogen-bond donors (Lipinski definition) is 1. The molecule has 2 rings (SSSR count). The quantitative estimate of drug-likeness (QED) is 0.463. The minimum atomic E-state index is -0.131. The third-order valence-corrected chi connectivity index (χ3v) is 3.92. The van der Waals surface area contributed by atoms with Crippen molar-refractivity contribution in [2.24, 2.45) is 0 Å². The maximum Gasteiger partial charge on any atom is 0.203 e. The van der Waals surface area contributed by atoms with E-state index in [0.717, 1.165) is 5.56 Å². The molecule has 0 unspecified atom stereocenters. The van der Waals surface area contributed by atoms with E-state index in [1.54, 1.807) is 64.7 Å². The van der Waals surface area contributed by atoms with Crippen LogP contribution in [0.3, 0.4) is 0 Å². The summed E-state index contributed by atoms with van der Waals surface area (Å²) in [6.07, 6.45) is 1.76. The zero-order valence-electron chi connectivity index (χ0n) is 15.6. The largest absolute Gasteiger partial charge is 0.495 e. The Labute approximate surface area is 153 Å². The molecule has 0 atom stereocenters. The van der Waals surface area contributed by atoms with Crippen molar-refractivity contribution in [3.63, 3.8) is 0 Å². The highest BCUT2D eigenvalue weighted by Crippen LogP contribution is 2.38. The number of nitrogens with two attached hydrogens (primary N) is 1. The Kier molecular flexibility index (Phi) is 6.11. The van der Waals surface area contributed by atoms with E-state index in [0.29, 0.717) is 39.8 Å². The molecule has 26 heavy (non-hydrogen) atoms. The molecule has 0 amide bonds. The number of benzene rings is 2. The Morgan fingerprint density at radius 1 is 0.885 bits per heavy atom. The Hall–Kier alpha value is -3.15. The maximum atomic E-state index is 12.7. The molecule has 0 radical (unpaired) electrons. The van der Waals surface area contributed by atoms with Gasteiger partial charge in [-0.15, -0.1) is 0 Å². The molecule has 0 saturated heterocycles. The lowest BCUT2D eigenvalue weighted by molar-refractivity contribution is 0.103. The average molecular weight is 357 g/mol. The first-order valence-corrected chi connectivity index (χ1v) is 7.91. The molecule has 0 aliphatic carbocycles. The topological polar surface area (TPSA) is 80.0 Å². The third kappa shape index (κ3) is 3.91. The SMILES string of the molecule is COc1ccc(C(=O)/C(C)=C/c2cc(OC)c(OC)c(OC)c2)cc1N. The number of ketones is 1. The fourth-order valence-electron chi connectivity index (χ4n) is 2.60. The van der Waals surface area contributed by atoms with Gasteiger partial charge < -0.3 is 24.7 Å². The average Bonchev–Trinajstić information content (AvgIpc) is 2.66. The normalized spacial score (nSPS) is 11.0. The van der Waals surface area contributed by atoms with E-state index in [9.17, 15) is 4.79 Å². The molecule has 6 nitrogen and oxygen atoms in total. The molecule has 0 aliphatic heterocycles. The summed E-state index contributed by atoms with van der Waals surface area (Å²) in [7, 11) is 6.16. The van der Waals surface area contributed by atoms with Gasteiger partial charge in [0, 0.05) is 5.56 Å². The number of hydrogen-bond acceptors (Lipinski definition) is 6. The molecule has 0 spiro atoms. The summed E-state index contributed by atoms with van der Waals surface area (Å²) in [5, 5.41) is 0. The summed E-state index contributed by atoms with van der Waals surface area (Å²) in [6.45, 7) is 1.74. The second-order valence-electron chi connectivity index (χ2n) is 5.57. The number of anilines is 1. The van der Waals surface area contributed by atoms with E-state index >= 15 is 0 Å². The van der Waals surface area contributed by atoms with E-state index in [1.165, 1.54) is 7.11 Å². The number of allylic oxidation sites excluding steroid dienone is 1. The van der Waals surface area contributed by atoms with Gasteiger partial charge in [0.2, 0.25) is 5.75 Å². The van der Waals surface area contributed by atoms with Crippen molar-refractivity contribution >= 4 is 17.5 Å². The third-order valence-electron chi connectivity index (χ3n) is 3.92. The van der Waals surface area contributed by atoms with Gasteiger partial charge >= 0.3 is 0 Å². The molecule has 0 bridgehead atoms. The Bertz CT molecular complexity index is 817. The van der Waals surface area contributed by atoms with Crippen LogP contribution in [0.4, 0.5) is 5.69 Å². The molecule has 0 fully saturated rings. The van der Waals surface area contributed by atoms with Crippen LogP contribution in [0.2, 0.25) is 0 Å². The van der Waals surface area contributed by atoms with Gasteiger partial charge in [-0.2, -0.15) is 0 Å². The maximum absolute atomic E-state index is 12.7. The summed E-state index contributed by atoms with van der Waals surface area (Å²) in [5.74, 6) is 1.94.